The predicted molar refractivity (Wildman–Crippen MR) is 131 cm³/mol. The summed E-state index contributed by atoms with van der Waals surface area (Å²) < 4.78 is 5.83. The lowest BCUT2D eigenvalue weighted by atomic mass is 9.90. The molecule has 2 N–H and O–H groups in total. The second-order valence-corrected chi connectivity index (χ2v) is 9.66. The molecule has 0 aliphatic carbocycles. The first-order valence-electron chi connectivity index (χ1n) is 11.2. The van der Waals surface area contributed by atoms with Crippen LogP contribution in [0.5, 0.6) is 5.75 Å². The van der Waals surface area contributed by atoms with E-state index in [9.17, 15) is 0 Å². The van der Waals surface area contributed by atoms with Crippen molar-refractivity contribution in [3.63, 3.8) is 0 Å². The number of rotatable bonds is 3. The van der Waals surface area contributed by atoms with Crippen molar-refractivity contribution in [3.8, 4) is 17.0 Å². The molecule has 1 atom stereocenters. The summed E-state index contributed by atoms with van der Waals surface area (Å²) in [6.45, 7) is 12.4. The van der Waals surface area contributed by atoms with Crippen LogP contribution in [-0.4, -0.2) is 33.1 Å². The van der Waals surface area contributed by atoms with E-state index in [-0.39, 0.29) is 11.5 Å². The van der Waals surface area contributed by atoms with Crippen LogP contribution in [0.1, 0.15) is 51.7 Å². The highest BCUT2D eigenvalue weighted by atomic mass is 16.7. The zero-order valence-electron chi connectivity index (χ0n) is 20.1. The highest BCUT2D eigenvalue weighted by Gasteiger charge is 2.27. The molecule has 0 fully saturated rings. The van der Waals surface area contributed by atoms with Gasteiger partial charge in [-0.05, 0) is 45.0 Å². The second-order valence-electron chi connectivity index (χ2n) is 9.66. The molecular weight excluding hydrogens is 414 g/mol. The molecule has 0 bridgehead atoms. The average molecular weight is 444 g/mol. The monoisotopic (exact) mass is 443 g/mol. The number of fused-ring (bicyclic) bond motifs is 3. The van der Waals surface area contributed by atoms with Crippen LogP contribution in [-0.2, 0) is 10.3 Å². The molecule has 33 heavy (non-hydrogen) atoms. The number of ether oxygens (including phenoxy) is 1. The van der Waals surface area contributed by atoms with Crippen molar-refractivity contribution >= 4 is 27.5 Å². The van der Waals surface area contributed by atoms with Crippen LogP contribution >= 0.6 is 0 Å². The minimum atomic E-state index is -0.0603. The van der Waals surface area contributed by atoms with Crippen molar-refractivity contribution in [2.75, 3.05) is 7.11 Å². The molecule has 4 aromatic rings. The minimum Gasteiger partial charge on any atom is -0.496 e. The summed E-state index contributed by atoms with van der Waals surface area (Å²) in [5, 5.41) is 2.00. The molecule has 1 aromatic carbocycles. The lowest BCUT2D eigenvalue weighted by Crippen LogP contribution is -2.19. The molecule has 0 saturated heterocycles. The number of nitrogens with one attached hydrogen (secondary N) is 2. The van der Waals surface area contributed by atoms with Crippen molar-refractivity contribution in [1.82, 2.24) is 25.4 Å². The Balaban J connectivity index is 1.80. The number of benzene rings is 1. The Kier molecular flexibility index (Phi) is 4.90. The van der Waals surface area contributed by atoms with Gasteiger partial charge < -0.3 is 14.6 Å². The van der Waals surface area contributed by atoms with Gasteiger partial charge in [0.1, 0.15) is 23.0 Å². The number of hydroxylamine groups is 1. The molecule has 0 spiro atoms. The van der Waals surface area contributed by atoms with Gasteiger partial charge in [-0.15, -0.1) is 5.48 Å². The van der Waals surface area contributed by atoms with E-state index in [1.165, 1.54) is 0 Å². The van der Waals surface area contributed by atoms with Gasteiger partial charge in [-0.25, -0.2) is 9.97 Å². The van der Waals surface area contributed by atoms with Gasteiger partial charge in [-0.1, -0.05) is 20.8 Å². The molecule has 7 heteroatoms. The van der Waals surface area contributed by atoms with Crippen molar-refractivity contribution in [1.29, 1.82) is 0 Å². The molecule has 0 amide bonds. The molecule has 5 rings (SSSR count). The maximum Gasteiger partial charge on any atom is 0.142 e. The largest absolute Gasteiger partial charge is 0.496 e. The molecule has 7 nitrogen and oxygen atoms in total. The third-order valence-corrected chi connectivity index (χ3v) is 6.18. The van der Waals surface area contributed by atoms with Gasteiger partial charge in [-0.3, -0.25) is 4.98 Å². The van der Waals surface area contributed by atoms with E-state index < -0.39 is 0 Å². The number of nitrogens with zero attached hydrogens (tertiary/aromatic N) is 3. The number of aryl methyl sites for hydroxylation is 1. The van der Waals surface area contributed by atoms with Crippen LogP contribution in [0.4, 0.5) is 0 Å². The Morgan fingerprint density at radius 3 is 2.55 bits per heavy atom. The molecule has 1 aliphatic rings. The Hall–Kier alpha value is -3.45. The van der Waals surface area contributed by atoms with E-state index in [4.69, 9.17) is 19.5 Å². The highest BCUT2D eigenvalue weighted by Crippen LogP contribution is 2.40. The van der Waals surface area contributed by atoms with Gasteiger partial charge in [0.25, 0.3) is 0 Å². The zero-order valence-corrected chi connectivity index (χ0v) is 20.1. The molecule has 4 heterocycles. The Morgan fingerprint density at radius 2 is 1.88 bits per heavy atom. The van der Waals surface area contributed by atoms with Crippen LogP contribution in [0.3, 0.4) is 0 Å². The third kappa shape index (κ3) is 3.53. The van der Waals surface area contributed by atoms with Crippen LogP contribution in [0.2, 0.25) is 0 Å². The maximum absolute atomic E-state index is 5.83. The quantitative estimate of drug-likeness (QED) is 0.438. The van der Waals surface area contributed by atoms with Gasteiger partial charge in [0.05, 0.1) is 24.2 Å². The molecule has 0 radical (unpaired) electrons. The highest BCUT2D eigenvalue weighted by molar-refractivity contribution is 6.13. The molecule has 1 unspecified atom stereocenters. The SMILES string of the molecule is COc1cc2c(cc1C1=C(C)ONC1C)[nH]c1nc(C)nc(-c3ccnc(C(C)(C)C)c3)c12. The summed E-state index contributed by atoms with van der Waals surface area (Å²) in [4.78, 5) is 23.2. The molecule has 0 saturated carbocycles. The standard InChI is InChI=1S/C26H29N5O2/c1-13-22(14(2)33-31-13)18-11-19-17(12-20(18)32-7)23-24(28-15(3)29-25(23)30-19)16-8-9-27-21(10-16)26(4,5)6/h8-13,31H,1-7H3,(H,28,29,30). The number of aromatic amines is 1. The number of aromatic nitrogens is 4. The van der Waals surface area contributed by atoms with Gasteiger partial charge in [-0.2, -0.15) is 0 Å². The fourth-order valence-electron chi connectivity index (χ4n) is 4.53. The fraction of sp³-hybridized carbons (Fsp3) is 0.346. The summed E-state index contributed by atoms with van der Waals surface area (Å²) in [5.74, 6) is 2.35. The first kappa shape index (κ1) is 21.4. The molecule has 170 valence electrons. The molecule has 1 aliphatic heterocycles. The predicted octanol–water partition coefficient (Wildman–Crippen LogP) is 5.44. The number of hydrogen-bond acceptors (Lipinski definition) is 6. The summed E-state index contributed by atoms with van der Waals surface area (Å²) in [5.41, 5.74) is 9.77. The third-order valence-electron chi connectivity index (χ3n) is 6.18. The van der Waals surface area contributed by atoms with Crippen LogP contribution in [0.25, 0.3) is 38.8 Å². The lowest BCUT2D eigenvalue weighted by molar-refractivity contribution is 0.122. The van der Waals surface area contributed by atoms with Gasteiger partial charge in [0.2, 0.25) is 0 Å². The first-order valence-corrected chi connectivity index (χ1v) is 11.2. The van der Waals surface area contributed by atoms with Gasteiger partial charge in [0.15, 0.2) is 0 Å². The minimum absolute atomic E-state index is 0.0603. The number of H-pyrrole nitrogens is 1. The Labute approximate surface area is 193 Å². The van der Waals surface area contributed by atoms with Crippen molar-refractivity contribution < 1.29 is 9.57 Å². The smallest absolute Gasteiger partial charge is 0.142 e. The van der Waals surface area contributed by atoms with E-state index in [1.54, 1.807) is 7.11 Å². The van der Waals surface area contributed by atoms with E-state index >= 15 is 0 Å². The Bertz CT molecular complexity index is 1430. The van der Waals surface area contributed by atoms with Gasteiger partial charge in [0, 0.05) is 44.9 Å². The Morgan fingerprint density at radius 1 is 1.09 bits per heavy atom. The van der Waals surface area contributed by atoms with Gasteiger partial charge >= 0.3 is 0 Å². The number of allylic oxidation sites excluding steroid dienone is 1. The lowest BCUT2D eigenvalue weighted by Gasteiger charge is -2.18. The van der Waals surface area contributed by atoms with Crippen molar-refractivity contribution in [3.05, 3.63) is 53.3 Å². The second kappa shape index (κ2) is 7.56. The van der Waals surface area contributed by atoms with E-state index in [0.717, 1.165) is 61.5 Å². The number of hydrogen-bond donors (Lipinski definition) is 2. The zero-order chi connectivity index (χ0) is 23.5. The summed E-state index contributed by atoms with van der Waals surface area (Å²) in [6, 6.07) is 8.39. The van der Waals surface area contributed by atoms with Crippen LogP contribution < -0.4 is 10.2 Å². The van der Waals surface area contributed by atoms with Crippen molar-refractivity contribution in [2.45, 2.75) is 53.0 Å². The number of pyridine rings is 1. The molecule has 3 aromatic heterocycles. The van der Waals surface area contributed by atoms with E-state index in [2.05, 4.69) is 61.3 Å². The number of methoxy groups -OCH3 is 1. The fourth-order valence-corrected chi connectivity index (χ4v) is 4.53. The molecular formula is C26H29N5O2. The van der Waals surface area contributed by atoms with E-state index in [1.807, 2.05) is 26.1 Å². The maximum atomic E-state index is 5.83. The topological polar surface area (TPSA) is 85.0 Å². The normalized spacial score (nSPS) is 16.6. The van der Waals surface area contributed by atoms with E-state index in [0.29, 0.717) is 5.82 Å². The summed E-state index contributed by atoms with van der Waals surface area (Å²) in [6.07, 6.45) is 1.86. The average Bonchev–Trinajstić information content (AvgIpc) is 3.29. The first-order chi connectivity index (χ1) is 15.7. The summed E-state index contributed by atoms with van der Waals surface area (Å²) in [7, 11) is 1.70. The summed E-state index contributed by atoms with van der Waals surface area (Å²) >= 11 is 0. The van der Waals surface area contributed by atoms with Crippen LogP contribution in [0, 0.1) is 6.92 Å². The van der Waals surface area contributed by atoms with Crippen LogP contribution in [0.15, 0.2) is 36.2 Å². The van der Waals surface area contributed by atoms with Crippen molar-refractivity contribution in [2.24, 2.45) is 0 Å².